The molecule has 0 radical (unpaired) electrons. The molecule has 1 fully saturated rings. The second kappa shape index (κ2) is 3.17. The van der Waals surface area contributed by atoms with Gasteiger partial charge in [0.15, 0.2) is 0 Å². The molecule has 0 spiro atoms. The summed E-state index contributed by atoms with van der Waals surface area (Å²) in [7, 11) is 0. The minimum Gasteiger partial charge on any atom is -0.385 e. The van der Waals surface area contributed by atoms with Crippen LogP contribution in [0.4, 0.5) is 8.78 Å². The smallest absolute Gasteiger partial charge is 0.264 e. The van der Waals surface area contributed by atoms with E-state index in [1.807, 2.05) is 0 Å². The second-order valence-electron chi connectivity index (χ2n) is 3.56. The molecule has 0 aliphatic heterocycles. The van der Waals surface area contributed by atoms with Gasteiger partial charge in [0.1, 0.15) is 0 Å². The Morgan fingerprint density at radius 2 is 2.00 bits per heavy atom. The maximum absolute atomic E-state index is 12.6. The second-order valence-corrected chi connectivity index (χ2v) is 4.00. The van der Waals surface area contributed by atoms with Crippen LogP contribution in [0.3, 0.4) is 0 Å². The number of aliphatic hydroxyl groups is 1. The third-order valence-electron chi connectivity index (χ3n) is 2.48. The Morgan fingerprint density at radius 3 is 2.50 bits per heavy atom. The van der Waals surface area contributed by atoms with Crippen molar-refractivity contribution < 1.29 is 13.9 Å². The molecule has 1 aliphatic carbocycles. The topological polar surface area (TPSA) is 20.2 Å². The highest BCUT2D eigenvalue weighted by atomic mass is 35.5. The van der Waals surface area contributed by atoms with E-state index in [0.717, 1.165) is 0 Å². The van der Waals surface area contributed by atoms with Crippen LogP contribution in [0.5, 0.6) is 0 Å². The third kappa shape index (κ3) is 1.62. The van der Waals surface area contributed by atoms with Crippen molar-refractivity contribution in [2.24, 2.45) is 0 Å². The first kappa shape index (κ1) is 9.87. The van der Waals surface area contributed by atoms with Gasteiger partial charge in [0.05, 0.1) is 5.60 Å². The molecule has 1 aromatic carbocycles. The van der Waals surface area contributed by atoms with Gasteiger partial charge in [-0.15, -0.1) is 0 Å². The zero-order chi connectivity index (χ0) is 10.3. The lowest BCUT2D eigenvalue weighted by Gasteiger charge is -2.13. The number of hydrogen-bond acceptors (Lipinski definition) is 1. The molecule has 2 rings (SSSR count). The van der Waals surface area contributed by atoms with Crippen LogP contribution >= 0.6 is 11.6 Å². The molecule has 0 saturated heterocycles. The van der Waals surface area contributed by atoms with Crippen molar-refractivity contribution in [3.63, 3.8) is 0 Å². The standard InChI is InChI=1S/C10H9ClF2O/c11-6-1-2-7(9(12)13)8(5-6)10(14)3-4-10/h1-2,5,9,14H,3-4H2. The van der Waals surface area contributed by atoms with Crippen LogP contribution in [0.1, 0.15) is 30.4 Å². The number of alkyl halides is 2. The van der Waals surface area contributed by atoms with E-state index in [2.05, 4.69) is 0 Å². The predicted octanol–water partition coefficient (Wildman–Crippen LogP) is 3.26. The van der Waals surface area contributed by atoms with Crippen LogP contribution in [0, 0.1) is 0 Å². The summed E-state index contributed by atoms with van der Waals surface area (Å²) in [6.45, 7) is 0. The van der Waals surface area contributed by atoms with Crippen molar-refractivity contribution in [3.05, 3.63) is 34.3 Å². The first-order valence-corrected chi connectivity index (χ1v) is 4.71. The lowest BCUT2D eigenvalue weighted by atomic mass is 10.0. The Balaban J connectivity index is 2.49. The zero-order valence-electron chi connectivity index (χ0n) is 7.30. The van der Waals surface area contributed by atoms with Crippen LogP contribution in [0.15, 0.2) is 18.2 Å². The van der Waals surface area contributed by atoms with E-state index < -0.39 is 12.0 Å². The fourth-order valence-electron chi connectivity index (χ4n) is 1.51. The number of rotatable bonds is 2. The van der Waals surface area contributed by atoms with Crippen molar-refractivity contribution in [2.45, 2.75) is 24.9 Å². The molecule has 1 aromatic rings. The largest absolute Gasteiger partial charge is 0.385 e. The summed E-state index contributed by atoms with van der Waals surface area (Å²) in [6, 6.07) is 4.12. The van der Waals surface area contributed by atoms with Gasteiger partial charge in [-0.2, -0.15) is 0 Å². The SMILES string of the molecule is OC1(c2cc(Cl)ccc2C(F)F)CC1. The molecule has 0 unspecified atom stereocenters. The first-order chi connectivity index (χ1) is 6.53. The van der Waals surface area contributed by atoms with Crippen molar-refractivity contribution in [2.75, 3.05) is 0 Å². The molecule has 14 heavy (non-hydrogen) atoms. The molecule has 4 heteroatoms. The Bertz CT molecular complexity index is 361. The Hall–Kier alpha value is -0.670. The van der Waals surface area contributed by atoms with Gasteiger partial charge in [-0.05, 0) is 30.5 Å². The summed E-state index contributed by atoms with van der Waals surface area (Å²) in [4.78, 5) is 0. The average molecular weight is 219 g/mol. The molecule has 0 aromatic heterocycles. The molecular formula is C10H9ClF2O. The summed E-state index contributed by atoms with van der Waals surface area (Å²) in [5, 5.41) is 10.1. The molecular weight excluding hydrogens is 210 g/mol. The average Bonchev–Trinajstić information content (AvgIpc) is 2.84. The molecule has 0 amide bonds. The molecule has 1 saturated carbocycles. The van der Waals surface area contributed by atoms with Crippen LogP contribution in [0.25, 0.3) is 0 Å². The highest BCUT2D eigenvalue weighted by molar-refractivity contribution is 6.30. The number of halogens is 3. The Morgan fingerprint density at radius 1 is 1.36 bits per heavy atom. The molecule has 1 aliphatic rings. The highest BCUT2D eigenvalue weighted by Gasteiger charge is 2.44. The normalized spacial score (nSPS) is 18.6. The van der Waals surface area contributed by atoms with Crippen LogP contribution in [-0.4, -0.2) is 5.11 Å². The quantitative estimate of drug-likeness (QED) is 0.808. The lowest BCUT2D eigenvalue weighted by molar-refractivity contribution is 0.125. The van der Waals surface area contributed by atoms with Crippen molar-refractivity contribution >= 4 is 11.6 Å². The Kier molecular flexibility index (Phi) is 2.24. The van der Waals surface area contributed by atoms with Gasteiger partial charge < -0.3 is 5.11 Å². The van der Waals surface area contributed by atoms with E-state index in [1.165, 1.54) is 18.2 Å². The van der Waals surface area contributed by atoms with Crippen LogP contribution < -0.4 is 0 Å². The molecule has 0 heterocycles. The van der Waals surface area contributed by atoms with Gasteiger partial charge in [0.2, 0.25) is 0 Å². The fraction of sp³-hybridized carbons (Fsp3) is 0.400. The van der Waals surface area contributed by atoms with E-state index in [0.29, 0.717) is 17.9 Å². The van der Waals surface area contributed by atoms with Crippen molar-refractivity contribution in [1.82, 2.24) is 0 Å². The Labute approximate surface area is 85.3 Å². The molecule has 1 nitrogen and oxygen atoms in total. The summed E-state index contributed by atoms with van der Waals surface area (Å²) < 4.78 is 25.1. The van der Waals surface area contributed by atoms with E-state index in [1.54, 1.807) is 0 Å². The van der Waals surface area contributed by atoms with E-state index >= 15 is 0 Å². The summed E-state index contributed by atoms with van der Waals surface area (Å²) in [6.07, 6.45) is -1.49. The van der Waals surface area contributed by atoms with Crippen molar-refractivity contribution in [1.29, 1.82) is 0 Å². The van der Waals surface area contributed by atoms with E-state index in [4.69, 9.17) is 11.6 Å². The summed E-state index contributed by atoms with van der Waals surface area (Å²) >= 11 is 5.70. The lowest BCUT2D eigenvalue weighted by Crippen LogP contribution is -2.08. The van der Waals surface area contributed by atoms with Crippen LogP contribution in [0.2, 0.25) is 5.02 Å². The molecule has 76 valence electrons. The maximum atomic E-state index is 12.6. The summed E-state index contributed by atoms with van der Waals surface area (Å²) in [5.41, 5.74) is -0.897. The fourth-order valence-corrected chi connectivity index (χ4v) is 1.68. The van der Waals surface area contributed by atoms with Gasteiger partial charge in [-0.3, -0.25) is 0 Å². The van der Waals surface area contributed by atoms with E-state index in [9.17, 15) is 13.9 Å². The maximum Gasteiger partial charge on any atom is 0.264 e. The van der Waals surface area contributed by atoms with E-state index in [-0.39, 0.29) is 11.1 Å². The minimum atomic E-state index is -2.56. The first-order valence-electron chi connectivity index (χ1n) is 4.33. The van der Waals surface area contributed by atoms with Gasteiger partial charge in [0, 0.05) is 10.6 Å². The zero-order valence-corrected chi connectivity index (χ0v) is 8.06. The third-order valence-corrected chi connectivity index (χ3v) is 2.71. The number of benzene rings is 1. The van der Waals surface area contributed by atoms with Gasteiger partial charge in [0.25, 0.3) is 6.43 Å². The predicted molar refractivity (Wildman–Crippen MR) is 49.5 cm³/mol. The monoisotopic (exact) mass is 218 g/mol. The van der Waals surface area contributed by atoms with Gasteiger partial charge in [-0.25, -0.2) is 8.78 Å². The van der Waals surface area contributed by atoms with Crippen LogP contribution in [-0.2, 0) is 5.60 Å². The van der Waals surface area contributed by atoms with Gasteiger partial charge in [-0.1, -0.05) is 17.7 Å². The van der Waals surface area contributed by atoms with Crippen molar-refractivity contribution in [3.8, 4) is 0 Å². The molecule has 1 N–H and O–H groups in total. The minimum absolute atomic E-state index is 0.116. The van der Waals surface area contributed by atoms with Gasteiger partial charge >= 0.3 is 0 Å². The summed E-state index contributed by atoms with van der Waals surface area (Å²) in [5.74, 6) is 0. The molecule has 0 bridgehead atoms. The molecule has 0 atom stereocenters. The highest BCUT2D eigenvalue weighted by Crippen LogP contribution is 2.48. The number of hydrogen-bond donors (Lipinski definition) is 1.